The Balaban J connectivity index is 1.92. The number of likely N-dealkylation sites (tertiary alicyclic amines) is 1. The van der Waals surface area contributed by atoms with Gasteiger partial charge in [-0.2, -0.15) is 0 Å². The van der Waals surface area contributed by atoms with Crippen LogP contribution in [0.15, 0.2) is 22.7 Å². The first kappa shape index (κ1) is 14.9. The predicted molar refractivity (Wildman–Crippen MR) is 80.7 cm³/mol. The number of hydrogen-bond acceptors (Lipinski definition) is 2. The van der Waals surface area contributed by atoms with Gasteiger partial charge in [-0.25, -0.2) is 4.39 Å². The molecule has 0 atom stereocenters. The number of piperidine rings is 1. The first-order valence-electron chi connectivity index (χ1n) is 6.96. The molecule has 0 saturated carbocycles. The van der Waals surface area contributed by atoms with Crippen LogP contribution in [0, 0.1) is 5.82 Å². The number of nitrogens with zero attached hydrogens (tertiary/aromatic N) is 2. The molecule has 1 aliphatic heterocycles. The van der Waals surface area contributed by atoms with Gasteiger partial charge in [0.05, 0.1) is 0 Å². The minimum Gasteiger partial charge on any atom is -0.303 e. The van der Waals surface area contributed by atoms with Crippen LogP contribution >= 0.6 is 15.9 Å². The second-order valence-electron chi connectivity index (χ2n) is 5.36. The van der Waals surface area contributed by atoms with Gasteiger partial charge in [0.15, 0.2) is 0 Å². The van der Waals surface area contributed by atoms with Gasteiger partial charge >= 0.3 is 0 Å². The van der Waals surface area contributed by atoms with Crippen LogP contribution in [-0.4, -0.2) is 42.5 Å². The van der Waals surface area contributed by atoms with E-state index in [0.717, 1.165) is 23.1 Å². The molecule has 4 heteroatoms. The Morgan fingerprint density at radius 1 is 1.32 bits per heavy atom. The van der Waals surface area contributed by atoms with E-state index in [2.05, 4.69) is 39.7 Å². The minimum atomic E-state index is -0.168. The maximum absolute atomic E-state index is 13.4. The minimum absolute atomic E-state index is 0.168. The highest BCUT2D eigenvalue weighted by Crippen LogP contribution is 2.20. The third kappa shape index (κ3) is 4.26. The normalized spacial score (nSPS) is 18.2. The molecule has 19 heavy (non-hydrogen) atoms. The Bertz CT molecular complexity index is 396. The Hall–Kier alpha value is -0.450. The summed E-state index contributed by atoms with van der Waals surface area (Å²) in [5.74, 6) is -0.168. The van der Waals surface area contributed by atoms with Crippen molar-refractivity contribution in [1.82, 2.24) is 9.80 Å². The molecule has 0 N–H and O–H groups in total. The fourth-order valence-corrected chi connectivity index (χ4v) is 3.31. The Kier molecular flexibility index (Phi) is 5.37. The fourth-order valence-electron chi connectivity index (χ4n) is 2.80. The van der Waals surface area contributed by atoms with E-state index in [1.54, 1.807) is 6.07 Å². The summed E-state index contributed by atoms with van der Waals surface area (Å²) in [4.78, 5) is 4.84. The molecule has 0 bridgehead atoms. The van der Waals surface area contributed by atoms with E-state index in [1.807, 2.05) is 6.07 Å². The molecular weight excluding hydrogens is 307 g/mol. The summed E-state index contributed by atoms with van der Waals surface area (Å²) in [7, 11) is 2.14. The van der Waals surface area contributed by atoms with Gasteiger partial charge in [-0.1, -0.05) is 22.9 Å². The molecule has 0 radical (unpaired) electrons. The van der Waals surface area contributed by atoms with E-state index < -0.39 is 0 Å². The molecule has 0 spiro atoms. The number of rotatable bonds is 4. The van der Waals surface area contributed by atoms with E-state index >= 15 is 0 Å². The van der Waals surface area contributed by atoms with Crippen molar-refractivity contribution in [2.24, 2.45) is 0 Å². The van der Waals surface area contributed by atoms with Crippen LogP contribution in [0.4, 0.5) is 4.39 Å². The molecule has 2 nitrogen and oxygen atoms in total. The molecule has 106 valence electrons. The van der Waals surface area contributed by atoms with Crippen LogP contribution in [-0.2, 0) is 6.54 Å². The van der Waals surface area contributed by atoms with Crippen LogP contribution in [0.3, 0.4) is 0 Å². The van der Waals surface area contributed by atoms with E-state index in [1.165, 1.54) is 32.0 Å². The van der Waals surface area contributed by atoms with Gasteiger partial charge < -0.3 is 4.90 Å². The molecule has 0 amide bonds. The van der Waals surface area contributed by atoms with Crippen molar-refractivity contribution >= 4 is 15.9 Å². The average Bonchev–Trinajstić information content (AvgIpc) is 2.37. The Labute approximate surface area is 123 Å². The molecule has 1 aromatic rings. The second kappa shape index (κ2) is 6.82. The highest BCUT2D eigenvalue weighted by Gasteiger charge is 2.21. The lowest BCUT2D eigenvalue weighted by Gasteiger charge is -2.36. The smallest absolute Gasteiger partial charge is 0.124 e. The van der Waals surface area contributed by atoms with Crippen molar-refractivity contribution in [3.05, 3.63) is 34.1 Å². The summed E-state index contributed by atoms with van der Waals surface area (Å²) in [6, 6.07) is 5.75. The largest absolute Gasteiger partial charge is 0.303 e. The number of benzene rings is 1. The lowest BCUT2D eigenvalue weighted by molar-refractivity contribution is 0.127. The molecule has 1 fully saturated rings. The van der Waals surface area contributed by atoms with Crippen LogP contribution in [0.5, 0.6) is 0 Å². The summed E-state index contributed by atoms with van der Waals surface area (Å²) in [6.07, 6.45) is 2.42. The monoisotopic (exact) mass is 328 g/mol. The summed E-state index contributed by atoms with van der Waals surface area (Å²) < 4.78 is 14.2. The molecule has 2 rings (SSSR count). The first-order chi connectivity index (χ1) is 9.08. The highest BCUT2D eigenvalue weighted by molar-refractivity contribution is 9.10. The number of hydrogen-bond donors (Lipinski definition) is 0. The third-order valence-electron chi connectivity index (χ3n) is 3.98. The zero-order valence-electron chi connectivity index (χ0n) is 11.7. The van der Waals surface area contributed by atoms with Gasteiger partial charge in [0.1, 0.15) is 5.82 Å². The van der Waals surface area contributed by atoms with Gasteiger partial charge in [0.25, 0.3) is 0 Å². The van der Waals surface area contributed by atoms with Crippen LogP contribution in [0.1, 0.15) is 25.3 Å². The summed E-state index contributed by atoms with van der Waals surface area (Å²) in [6.45, 7) is 6.53. The maximum Gasteiger partial charge on any atom is 0.124 e. The van der Waals surface area contributed by atoms with Crippen molar-refractivity contribution in [3.63, 3.8) is 0 Å². The first-order valence-corrected chi connectivity index (χ1v) is 7.75. The molecule has 0 aliphatic carbocycles. The zero-order valence-corrected chi connectivity index (χ0v) is 13.3. The topological polar surface area (TPSA) is 6.48 Å². The van der Waals surface area contributed by atoms with Gasteiger partial charge in [-0.15, -0.1) is 0 Å². The van der Waals surface area contributed by atoms with Crippen molar-refractivity contribution < 1.29 is 4.39 Å². The summed E-state index contributed by atoms with van der Waals surface area (Å²) >= 11 is 3.35. The average molecular weight is 329 g/mol. The highest BCUT2D eigenvalue weighted by atomic mass is 79.9. The van der Waals surface area contributed by atoms with Crippen molar-refractivity contribution in [2.45, 2.75) is 32.4 Å². The SMILES string of the molecule is CCN1CCC(N(C)Cc2cc(F)cc(Br)c2)CC1. The molecular formula is C15H22BrFN2. The number of halogens is 2. The van der Waals surface area contributed by atoms with E-state index in [0.29, 0.717) is 6.04 Å². The predicted octanol–water partition coefficient (Wildman–Crippen LogP) is 3.50. The van der Waals surface area contributed by atoms with Gasteiger partial charge in [0.2, 0.25) is 0 Å². The summed E-state index contributed by atoms with van der Waals surface area (Å²) in [5.41, 5.74) is 1.03. The fraction of sp³-hybridized carbons (Fsp3) is 0.600. The molecule has 0 aromatic heterocycles. The maximum atomic E-state index is 13.4. The van der Waals surface area contributed by atoms with E-state index in [4.69, 9.17) is 0 Å². The Morgan fingerprint density at radius 2 is 2.00 bits per heavy atom. The molecule has 1 saturated heterocycles. The molecule has 1 heterocycles. The second-order valence-corrected chi connectivity index (χ2v) is 6.27. The molecule has 1 aliphatic rings. The van der Waals surface area contributed by atoms with Crippen molar-refractivity contribution in [3.8, 4) is 0 Å². The van der Waals surface area contributed by atoms with Crippen LogP contribution < -0.4 is 0 Å². The molecule has 0 unspecified atom stereocenters. The van der Waals surface area contributed by atoms with Gasteiger partial charge in [0, 0.05) is 17.1 Å². The summed E-state index contributed by atoms with van der Waals surface area (Å²) in [5, 5.41) is 0. The standard InChI is InChI=1S/C15H22BrFN2/c1-3-19-6-4-15(5-7-19)18(2)11-12-8-13(16)10-14(17)9-12/h8-10,15H,3-7,11H2,1-2H3. The van der Waals surface area contributed by atoms with Crippen molar-refractivity contribution in [2.75, 3.05) is 26.7 Å². The van der Waals surface area contributed by atoms with Crippen LogP contribution in [0.25, 0.3) is 0 Å². The van der Waals surface area contributed by atoms with Crippen molar-refractivity contribution in [1.29, 1.82) is 0 Å². The lowest BCUT2D eigenvalue weighted by Crippen LogP contribution is -2.42. The molecule has 1 aromatic carbocycles. The van der Waals surface area contributed by atoms with Crippen LogP contribution in [0.2, 0.25) is 0 Å². The third-order valence-corrected chi connectivity index (χ3v) is 4.44. The quantitative estimate of drug-likeness (QED) is 0.834. The van der Waals surface area contributed by atoms with E-state index in [9.17, 15) is 4.39 Å². The zero-order chi connectivity index (χ0) is 13.8. The van der Waals surface area contributed by atoms with Gasteiger partial charge in [-0.05, 0) is 63.3 Å². The van der Waals surface area contributed by atoms with Gasteiger partial charge in [-0.3, -0.25) is 4.90 Å². The van der Waals surface area contributed by atoms with E-state index in [-0.39, 0.29) is 5.82 Å². The lowest BCUT2D eigenvalue weighted by atomic mass is 10.0. The Morgan fingerprint density at radius 3 is 2.58 bits per heavy atom.